The van der Waals surface area contributed by atoms with E-state index in [0.717, 1.165) is 0 Å². The van der Waals surface area contributed by atoms with E-state index < -0.39 is 0 Å². The first-order chi connectivity index (χ1) is 4.33. The van der Waals surface area contributed by atoms with Gasteiger partial charge in [0.15, 0.2) is 0 Å². The van der Waals surface area contributed by atoms with Crippen LogP contribution in [0.2, 0.25) is 0 Å². The molecular weight excluding hydrogens is 140 g/mol. The van der Waals surface area contributed by atoms with Crippen molar-refractivity contribution in [3.8, 4) is 0 Å². The maximum absolute atomic E-state index is 8.54. The number of aliphatic hydroxyl groups excluding tert-OH is 1. The van der Waals surface area contributed by atoms with Gasteiger partial charge >= 0.3 is 0 Å². The number of rotatable bonds is 1. The topological polar surface area (TPSA) is 35.8 Å². The minimum atomic E-state index is -0.0558. The summed E-state index contributed by atoms with van der Waals surface area (Å²) in [5.74, 6) is 0. The van der Waals surface area contributed by atoms with Crippen LogP contribution >= 0.6 is 11.8 Å². The molecule has 0 bridgehead atoms. The summed E-state index contributed by atoms with van der Waals surface area (Å²) in [7, 11) is 0. The minimum Gasteiger partial charge on any atom is -0.390 e. The number of hydrogen-bond acceptors (Lipinski definition) is 3. The number of hydrogen-bond donors (Lipinski definition) is 1. The summed E-state index contributed by atoms with van der Waals surface area (Å²) in [6.07, 6.45) is 3.25. The van der Waals surface area contributed by atoms with Gasteiger partial charge in [0.05, 0.1) is 18.8 Å². The van der Waals surface area contributed by atoms with E-state index in [-0.39, 0.29) is 6.61 Å². The van der Waals surface area contributed by atoms with Gasteiger partial charge in [-0.3, -0.25) is 9.41 Å². The van der Waals surface area contributed by atoms with E-state index in [0.29, 0.717) is 12.2 Å². The van der Waals surface area contributed by atoms with Gasteiger partial charge in [0.1, 0.15) is 0 Å². The highest BCUT2D eigenvalue weighted by molar-refractivity contribution is 6.14. The third-order valence-electron chi connectivity index (χ3n) is 0.964. The molecule has 0 spiro atoms. The summed E-state index contributed by atoms with van der Waals surface area (Å²) in [6, 6.07) is 0. The van der Waals surface area contributed by atoms with Gasteiger partial charge in [0.25, 0.3) is 0 Å². The van der Waals surface area contributed by atoms with Crippen LogP contribution in [0.15, 0.2) is 16.9 Å². The molecule has 1 heterocycles. The third-order valence-corrected chi connectivity index (χ3v) is 1.20. The minimum absolute atomic E-state index is 0.0558. The van der Waals surface area contributed by atoms with E-state index in [1.807, 2.05) is 0 Å². The van der Waals surface area contributed by atoms with E-state index in [9.17, 15) is 0 Å². The Balaban J connectivity index is 2.59. The zero-order valence-corrected chi connectivity index (χ0v) is 5.54. The molecule has 0 fully saturated rings. The van der Waals surface area contributed by atoms with Crippen molar-refractivity contribution < 1.29 is 5.11 Å². The van der Waals surface area contributed by atoms with E-state index in [1.54, 1.807) is 12.4 Å². The lowest BCUT2D eigenvalue weighted by Crippen LogP contribution is -2.13. The lowest BCUT2D eigenvalue weighted by Gasteiger charge is -2.11. The van der Waals surface area contributed by atoms with E-state index in [4.69, 9.17) is 16.9 Å². The first kappa shape index (κ1) is 6.58. The quantitative estimate of drug-likeness (QED) is 0.543. The fourth-order valence-corrected chi connectivity index (χ4v) is 0.740. The Morgan fingerprint density at radius 3 is 3.11 bits per heavy atom. The number of aliphatic hydroxyl groups is 1. The standard InChI is InChI=1S/C5H7ClN2O/c6-8-2-1-7-5(3-8)4-9/h1,3,9H,2,4H2. The van der Waals surface area contributed by atoms with Crippen LogP contribution < -0.4 is 0 Å². The van der Waals surface area contributed by atoms with Crippen molar-refractivity contribution in [2.45, 2.75) is 0 Å². The average Bonchev–Trinajstić information content (AvgIpc) is 1.88. The van der Waals surface area contributed by atoms with Crippen molar-refractivity contribution in [2.24, 2.45) is 4.99 Å². The molecule has 9 heavy (non-hydrogen) atoms. The molecule has 0 aromatic heterocycles. The average molecular weight is 147 g/mol. The number of nitrogens with zero attached hydrogens (tertiary/aromatic N) is 2. The highest BCUT2D eigenvalue weighted by Crippen LogP contribution is 2.05. The van der Waals surface area contributed by atoms with Gasteiger partial charge in [0, 0.05) is 24.2 Å². The van der Waals surface area contributed by atoms with Crippen LogP contribution in [0.4, 0.5) is 0 Å². The van der Waals surface area contributed by atoms with Crippen molar-refractivity contribution in [3.63, 3.8) is 0 Å². The van der Waals surface area contributed by atoms with Crippen LogP contribution in [0.3, 0.4) is 0 Å². The third kappa shape index (κ3) is 1.69. The zero-order chi connectivity index (χ0) is 6.69. The molecule has 0 amide bonds. The highest BCUT2D eigenvalue weighted by atomic mass is 35.5. The molecular formula is C5H7ClN2O. The Morgan fingerprint density at radius 1 is 1.89 bits per heavy atom. The summed E-state index contributed by atoms with van der Waals surface area (Å²) in [4.78, 5) is 3.86. The smallest absolute Gasteiger partial charge is 0.0868 e. The van der Waals surface area contributed by atoms with Gasteiger partial charge in [-0.2, -0.15) is 0 Å². The Kier molecular flexibility index (Phi) is 2.08. The number of aliphatic imine (C=N–C) groups is 1. The molecule has 0 atom stereocenters. The van der Waals surface area contributed by atoms with Crippen molar-refractivity contribution in [1.82, 2.24) is 4.42 Å². The van der Waals surface area contributed by atoms with Crippen LogP contribution in [-0.4, -0.2) is 28.9 Å². The van der Waals surface area contributed by atoms with Crippen LogP contribution in [0.25, 0.3) is 0 Å². The first-order valence-electron chi connectivity index (χ1n) is 2.59. The van der Waals surface area contributed by atoms with Gasteiger partial charge in [-0.25, -0.2) is 0 Å². The normalized spacial score (nSPS) is 18.0. The second-order valence-electron chi connectivity index (χ2n) is 1.67. The van der Waals surface area contributed by atoms with Crippen LogP contribution in [-0.2, 0) is 0 Å². The molecule has 0 saturated heterocycles. The van der Waals surface area contributed by atoms with Crippen LogP contribution in [0.1, 0.15) is 0 Å². The van der Waals surface area contributed by atoms with Gasteiger partial charge in [-0.05, 0) is 0 Å². The predicted molar refractivity (Wildman–Crippen MR) is 36.2 cm³/mol. The molecule has 0 radical (unpaired) electrons. The fourth-order valence-electron chi connectivity index (χ4n) is 0.565. The van der Waals surface area contributed by atoms with Gasteiger partial charge in [-0.15, -0.1) is 0 Å². The molecule has 3 nitrogen and oxygen atoms in total. The molecule has 1 aliphatic rings. The molecule has 0 saturated carbocycles. The summed E-state index contributed by atoms with van der Waals surface area (Å²) in [5.41, 5.74) is 0.594. The van der Waals surface area contributed by atoms with Gasteiger partial charge in [0.2, 0.25) is 0 Å². The summed E-state index contributed by atoms with van der Waals surface area (Å²) in [5, 5.41) is 8.54. The molecule has 1 N–H and O–H groups in total. The van der Waals surface area contributed by atoms with Crippen molar-refractivity contribution in [3.05, 3.63) is 11.9 Å². The van der Waals surface area contributed by atoms with E-state index in [1.165, 1.54) is 4.42 Å². The summed E-state index contributed by atoms with van der Waals surface area (Å²) in [6.45, 7) is 0.546. The van der Waals surface area contributed by atoms with Crippen molar-refractivity contribution >= 4 is 18.0 Å². The van der Waals surface area contributed by atoms with Crippen molar-refractivity contribution in [2.75, 3.05) is 13.2 Å². The molecule has 0 unspecified atom stereocenters. The maximum atomic E-state index is 8.54. The first-order valence-corrected chi connectivity index (χ1v) is 2.93. The van der Waals surface area contributed by atoms with Crippen LogP contribution in [0, 0.1) is 0 Å². The molecule has 1 aliphatic heterocycles. The lowest BCUT2D eigenvalue weighted by molar-refractivity contribution is 0.327. The Bertz CT molecular complexity index is 155. The molecule has 0 aliphatic carbocycles. The number of halogens is 1. The molecule has 0 aromatic carbocycles. The molecule has 1 rings (SSSR count). The second-order valence-corrected chi connectivity index (χ2v) is 2.11. The molecule has 50 valence electrons. The summed E-state index contributed by atoms with van der Waals surface area (Å²) < 4.78 is 1.44. The van der Waals surface area contributed by atoms with Crippen LogP contribution in [0.5, 0.6) is 0 Å². The summed E-state index contributed by atoms with van der Waals surface area (Å²) >= 11 is 5.54. The monoisotopic (exact) mass is 146 g/mol. The lowest BCUT2D eigenvalue weighted by atomic mass is 10.4. The molecule has 0 aromatic rings. The van der Waals surface area contributed by atoms with Crippen molar-refractivity contribution in [1.29, 1.82) is 0 Å². The van der Waals surface area contributed by atoms with E-state index in [2.05, 4.69) is 4.99 Å². The second kappa shape index (κ2) is 2.85. The SMILES string of the molecule is OCC1=CN(Cl)CC=N1. The largest absolute Gasteiger partial charge is 0.390 e. The zero-order valence-electron chi connectivity index (χ0n) is 4.79. The molecule has 4 heteroatoms. The Morgan fingerprint density at radius 2 is 2.67 bits per heavy atom. The van der Waals surface area contributed by atoms with Gasteiger partial charge in [-0.1, -0.05) is 0 Å². The van der Waals surface area contributed by atoms with Gasteiger partial charge < -0.3 is 5.11 Å². The fraction of sp³-hybridized carbons (Fsp3) is 0.400. The Labute approximate surface area is 58.4 Å². The predicted octanol–water partition coefficient (Wildman–Crippen LogP) is 0.360. The highest BCUT2D eigenvalue weighted by Gasteiger charge is 2.00. The van der Waals surface area contributed by atoms with E-state index >= 15 is 0 Å². The Hall–Kier alpha value is -0.540. The maximum Gasteiger partial charge on any atom is 0.0868 e.